The first-order chi connectivity index (χ1) is 8.00. The van der Waals surface area contributed by atoms with Gasteiger partial charge in [-0.2, -0.15) is 5.10 Å². The van der Waals surface area contributed by atoms with E-state index in [1.165, 1.54) is 0 Å². The molecule has 0 amide bonds. The van der Waals surface area contributed by atoms with Gasteiger partial charge in [0.15, 0.2) is 0 Å². The standard InChI is InChI=1S/C12H23ClN4/c1-5-12(4,8-13)15-6-11-14-9-16-17(11)7-10(2)3/h9-10,15H,5-8H2,1-4H3. The average molecular weight is 259 g/mol. The molecular weight excluding hydrogens is 236 g/mol. The van der Waals surface area contributed by atoms with Crippen molar-refractivity contribution >= 4 is 11.6 Å². The number of hydrogen-bond acceptors (Lipinski definition) is 3. The lowest BCUT2D eigenvalue weighted by Crippen LogP contribution is -2.43. The van der Waals surface area contributed by atoms with Crippen molar-refractivity contribution in [1.29, 1.82) is 0 Å². The second-order valence-electron chi connectivity index (χ2n) is 5.15. The summed E-state index contributed by atoms with van der Waals surface area (Å²) >= 11 is 5.97. The summed E-state index contributed by atoms with van der Waals surface area (Å²) in [6, 6.07) is 0. The summed E-state index contributed by atoms with van der Waals surface area (Å²) in [5, 5.41) is 7.70. The number of hydrogen-bond donors (Lipinski definition) is 1. The van der Waals surface area contributed by atoms with Gasteiger partial charge < -0.3 is 5.32 Å². The average Bonchev–Trinajstić information content (AvgIpc) is 2.72. The molecular formula is C12H23ClN4. The van der Waals surface area contributed by atoms with Crippen LogP contribution in [0, 0.1) is 5.92 Å². The number of aromatic nitrogens is 3. The predicted octanol–water partition coefficient (Wildman–Crippen LogP) is 2.43. The summed E-state index contributed by atoms with van der Waals surface area (Å²) in [7, 11) is 0. The summed E-state index contributed by atoms with van der Waals surface area (Å²) in [4.78, 5) is 4.29. The van der Waals surface area contributed by atoms with Gasteiger partial charge in [-0.1, -0.05) is 20.8 Å². The Morgan fingerprint density at radius 2 is 2.24 bits per heavy atom. The molecule has 1 aromatic rings. The predicted molar refractivity (Wildman–Crippen MR) is 71.1 cm³/mol. The van der Waals surface area contributed by atoms with Crippen molar-refractivity contribution in [2.24, 2.45) is 5.92 Å². The lowest BCUT2D eigenvalue weighted by molar-refractivity contribution is 0.363. The van der Waals surface area contributed by atoms with E-state index >= 15 is 0 Å². The topological polar surface area (TPSA) is 42.7 Å². The zero-order valence-electron chi connectivity index (χ0n) is 11.2. The monoisotopic (exact) mass is 258 g/mol. The third-order valence-electron chi connectivity index (χ3n) is 2.98. The molecule has 0 saturated heterocycles. The van der Waals surface area contributed by atoms with Crippen molar-refractivity contribution < 1.29 is 0 Å². The van der Waals surface area contributed by atoms with Crippen LogP contribution in [-0.4, -0.2) is 26.2 Å². The molecule has 0 saturated carbocycles. The minimum Gasteiger partial charge on any atom is -0.303 e. The number of alkyl halides is 1. The highest BCUT2D eigenvalue weighted by atomic mass is 35.5. The maximum Gasteiger partial charge on any atom is 0.140 e. The van der Waals surface area contributed by atoms with Crippen molar-refractivity contribution in [2.45, 2.75) is 52.7 Å². The number of halogens is 1. The van der Waals surface area contributed by atoms with Crippen LogP contribution in [0.25, 0.3) is 0 Å². The van der Waals surface area contributed by atoms with Crippen molar-refractivity contribution in [2.75, 3.05) is 5.88 Å². The van der Waals surface area contributed by atoms with Crippen LogP contribution in [0.15, 0.2) is 6.33 Å². The van der Waals surface area contributed by atoms with Crippen LogP contribution in [0.3, 0.4) is 0 Å². The minimum absolute atomic E-state index is 0.0316. The zero-order chi connectivity index (χ0) is 12.9. The molecule has 0 aliphatic carbocycles. The summed E-state index contributed by atoms with van der Waals surface area (Å²) in [6.45, 7) is 10.2. The van der Waals surface area contributed by atoms with E-state index in [2.05, 4.69) is 43.1 Å². The van der Waals surface area contributed by atoms with Crippen LogP contribution in [0.1, 0.15) is 39.9 Å². The van der Waals surface area contributed by atoms with Crippen LogP contribution in [0.5, 0.6) is 0 Å². The number of rotatable bonds is 7. The van der Waals surface area contributed by atoms with Gasteiger partial charge in [0.1, 0.15) is 12.2 Å². The van der Waals surface area contributed by atoms with Crippen molar-refractivity contribution in [3.05, 3.63) is 12.2 Å². The second-order valence-corrected chi connectivity index (χ2v) is 5.42. The Labute approximate surface area is 109 Å². The lowest BCUT2D eigenvalue weighted by atomic mass is 10.0. The van der Waals surface area contributed by atoms with Crippen LogP contribution < -0.4 is 5.32 Å². The molecule has 0 aromatic carbocycles. The van der Waals surface area contributed by atoms with Gasteiger partial charge in [0.25, 0.3) is 0 Å². The van der Waals surface area contributed by atoms with Gasteiger partial charge in [-0.15, -0.1) is 11.6 Å². The SMILES string of the molecule is CCC(C)(CCl)NCc1ncnn1CC(C)C. The third-order valence-corrected chi connectivity index (χ3v) is 3.57. The van der Waals surface area contributed by atoms with Crippen LogP contribution in [0.4, 0.5) is 0 Å². The molecule has 17 heavy (non-hydrogen) atoms. The Kier molecular flexibility index (Phi) is 5.40. The van der Waals surface area contributed by atoms with E-state index in [0.29, 0.717) is 18.3 Å². The normalized spacial score (nSPS) is 15.2. The van der Waals surface area contributed by atoms with E-state index in [4.69, 9.17) is 11.6 Å². The molecule has 0 aliphatic rings. The van der Waals surface area contributed by atoms with E-state index in [1.807, 2.05) is 4.68 Å². The molecule has 0 fully saturated rings. The minimum atomic E-state index is -0.0316. The molecule has 1 N–H and O–H groups in total. The van der Waals surface area contributed by atoms with Gasteiger partial charge in [0, 0.05) is 18.0 Å². The fourth-order valence-corrected chi connectivity index (χ4v) is 1.77. The molecule has 1 aromatic heterocycles. The maximum absolute atomic E-state index is 5.97. The van der Waals surface area contributed by atoms with E-state index < -0.39 is 0 Å². The molecule has 4 nitrogen and oxygen atoms in total. The molecule has 1 rings (SSSR count). The molecule has 0 bridgehead atoms. The quantitative estimate of drug-likeness (QED) is 0.764. The highest BCUT2D eigenvalue weighted by Crippen LogP contribution is 2.12. The first-order valence-electron chi connectivity index (χ1n) is 6.18. The van der Waals surface area contributed by atoms with E-state index in [-0.39, 0.29) is 5.54 Å². The van der Waals surface area contributed by atoms with Crippen LogP contribution >= 0.6 is 11.6 Å². The molecule has 0 aliphatic heterocycles. The van der Waals surface area contributed by atoms with Crippen molar-refractivity contribution in [3.63, 3.8) is 0 Å². The molecule has 0 radical (unpaired) electrons. The summed E-state index contributed by atoms with van der Waals surface area (Å²) in [6.07, 6.45) is 2.61. The Morgan fingerprint density at radius 1 is 1.53 bits per heavy atom. The molecule has 98 valence electrons. The Hall–Kier alpha value is -0.610. The summed E-state index contributed by atoms with van der Waals surface area (Å²) in [5.41, 5.74) is -0.0316. The Bertz CT molecular complexity index is 331. The Balaban J connectivity index is 2.60. The highest BCUT2D eigenvalue weighted by molar-refractivity contribution is 6.18. The molecule has 0 spiro atoms. The second kappa shape index (κ2) is 6.36. The summed E-state index contributed by atoms with van der Waals surface area (Å²) in [5.74, 6) is 2.14. The van der Waals surface area contributed by atoms with Gasteiger partial charge >= 0.3 is 0 Å². The van der Waals surface area contributed by atoms with E-state index in [1.54, 1.807) is 6.33 Å². The van der Waals surface area contributed by atoms with Gasteiger partial charge in [0.05, 0.1) is 6.54 Å². The van der Waals surface area contributed by atoms with E-state index in [0.717, 1.165) is 18.8 Å². The fourth-order valence-electron chi connectivity index (χ4n) is 1.48. The van der Waals surface area contributed by atoms with Gasteiger partial charge in [0.2, 0.25) is 0 Å². The lowest BCUT2D eigenvalue weighted by Gasteiger charge is -2.27. The van der Waals surface area contributed by atoms with Crippen LogP contribution in [0.2, 0.25) is 0 Å². The smallest absolute Gasteiger partial charge is 0.140 e. The van der Waals surface area contributed by atoms with E-state index in [9.17, 15) is 0 Å². The molecule has 5 heteroatoms. The molecule has 1 atom stereocenters. The molecule has 1 heterocycles. The number of nitrogens with one attached hydrogen (secondary N) is 1. The largest absolute Gasteiger partial charge is 0.303 e. The number of nitrogens with zero attached hydrogens (tertiary/aromatic N) is 3. The van der Waals surface area contributed by atoms with Gasteiger partial charge in [-0.3, -0.25) is 0 Å². The van der Waals surface area contributed by atoms with Crippen LogP contribution in [-0.2, 0) is 13.1 Å². The third kappa shape index (κ3) is 4.28. The van der Waals surface area contributed by atoms with Gasteiger partial charge in [-0.25, -0.2) is 9.67 Å². The fraction of sp³-hybridized carbons (Fsp3) is 0.833. The highest BCUT2D eigenvalue weighted by Gasteiger charge is 2.20. The molecule has 1 unspecified atom stereocenters. The van der Waals surface area contributed by atoms with Gasteiger partial charge in [-0.05, 0) is 19.3 Å². The zero-order valence-corrected chi connectivity index (χ0v) is 12.0. The van der Waals surface area contributed by atoms with Crippen molar-refractivity contribution in [3.8, 4) is 0 Å². The Morgan fingerprint density at radius 3 is 2.76 bits per heavy atom. The summed E-state index contributed by atoms with van der Waals surface area (Å²) < 4.78 is 1.96. The maximum atomic E-state index is 5.97. The first kappa shape index (κ1) is 14.5. The first-order valence-corrected chi connectivity index (χ1v) is 6.72. The van der Waals surface area contributed by atoms with Crippen molar-refractivity contribution in [1.82, 2.24) is 20.1 Å².